The van der Waals surface area contributed by atoms with Gasteiger partial charge in [0.15, 0.2) is 5.89 Å². The minimum Gasteiger partial charge on any atom is -0.508 e. The number of aromatic nitrogens is 1. The lowest BCUT2D eigenvalue weighted by Crippen LogP contribution is -2.02. The fourth-order valence-corrected chi connectivity index (χ4v) is 1.17. The summed E-state index contributed by atoms with van der Waals surface area (Å²) in [5.74, 6) is 0.355. The Labute approximate surface area is 73.5 Å². The Balaban J connectivity index is 2.95. The van der Waals surface area contributed by atoms with Gasteiger partial charge in [0, 0.05) is 6.92 Å². The standard InChI is InChI=1S/C9H7NO3/c1-5-10-8-3-2-6(11)4-7(8)9(12)13-5/h2-4,11H,1H3. The van der Waals surface area contributed by atoms with E-state index in [1.165, 1.54) is 12.1 Å². The maximum absolute atomic E-state index is 11.2. The van der Waals surface area contributed by atoms with Crippen molar-refractivity contribution in [2.75, 3.05) is 0 Å². The molecule has 0 saturated carbocycles. The summed E-state index contributed by atoms with van der Waals surface area (Å²) in [6.45, 7) is 1.60. The summed E-state index contributed by atoms with van der Waals surface area (Å²) in [5.41, 5.74) is 0.0601. The molecule has 0 radical (unpaired) electrons. The Bertz CT molecular complexity index is 516. The van der Waals surface area contributed by atoms with E-state index in [4.69, 9.17) is 9.52 Å². The van der Waals surface area contributed by atoms with Crippen molar-refractivity contribution in [1.29, 1.82) is 0 Å². The zero-order valence-electron chi connectivity index (χ0n) is 6.94. The van der Waals surface area contributed by atoms with Gasteiger partial charge in [0.1, 0.15) is 5.75 Å². The fourth-order valence-electron chi connectivity index (χ4n) is 1.17. The second-order valence-electron chi connectivity index (χ2n) is 2.72. The predicted molar refractivity (Wildman–Crippen MR) is 46.7 cm³/mol. The molecule has 13 heavy (non-hydrogen) atoms. The highest BCUT2D eigenvalue weighted by Gasteiger charge is 2.03. The van der Waals surface area contributed by atoms with E-state index in [1.54, 1.807) is 13.0 Å². The lowest BCUT2D eigenvalue weighted by Gasteiger charge is -1.96. The van der Waals surface area contributed by atoms with Crippen LogP contribution in [0.3, 0.4) is 0 Å². The normalized spacial score (nSPS) is 10.5. The lowest BCUT2D eigenvalue weighted by atomic mass is 10.2. The first kappa shape index (κ1) is 7.79. The molecular formula is C9H7NO3. The quantitative estimate of drug-likeness (QED) is 0.656. The van der Waals surface area contributed by atoms with Gasteiger partial charge >= 0.3 is 5.63 Å². The lowest BCUT2D eigenvalue weighted by molar-refractivity contribution is 0.462. The van der Waals surface area contributed by atoms with E-state index in [1.807, 2.05) is 0 Å². The third-order valence-electron chi connectivity index (χ3n) is 1.72. The number of benzene rings is 1. The average molecular weight is 177 g/mol. The van der Waals surface area contributed by atoms with Gasteiger partial charge in [-0.2, -0.15) is 0 Å². The fraction of sp³-hybridized carbons (Fsp3) is 0.111. The first-order valence-corrected chi connectivity index (χ1v) is 3.77. The van der Waals surface area contributed by atoms with Crippen molar-refractivity contribution in [1.82, 2.24) is 4.98 Å². The molecule has 0 aliphatic heterocycles. The van der Waals surface area contributed by atoms with Crippen LogP contribution in [0.1, 0.15) is 5.89 Å². The van der Waals surface area contributed by atoms with Gasteiger partial charge in [-0.15, -0.1) is 0 Å². The molecule has 2 rings (SSSR count). The second-order valence-corrected chi connectivity index (χ2v) is 2.72. The molecule has 0 bridgehead atoms. The first-order valence-electron chi connectivity index (χ1n) is 3.77. The van der Waals surface area contributed by atoms with Crippen LogP contribution in [0.2, 0.25) is 0 Å². The zero-order valence-corrected chi connectivity index (χ0v) is 6.94. The average Bonchev–Trinajstić information content (AvgIpc) is 2.06. The molecule has 0 aliphatic carbocycles. The van der Waals surface area contributed by atoms with Crippen molar-refractivity contribution in [2.45, 2.75) is 6.92 Å². The van der Waals surface area contributed by atoms with Gasteiger partial charge in [0.25, 0.3) is 0 Å². The van der Waals surface area contributed by atoms with Crippen LogP contribution in [0.25, 0.3) is 10.9 Å². The maximum atomic E-state index is 11.2. The second kappa shape index (κ2) is 2.58. The third-order valence-corrected chi connectivity index (χ3v) is 1.72. The molecule has 1 N–H and O–H groups in total. The van der Waals surface area contributed by atoms with Crippen molar-refractivity contribution in [3.63, 3.8) is 0 Å². The highest BCUT2D eigenvalue weighted by atomic mass is 16.4. The van der Waals surface area contributed by atoms with E-state index >= 15 is 0 Å². The number of phenols is 1. The van der Waals surface area contributed by atoms with Crippen LogP contribution in [0.5, 0.6) is 5.75 Å². The number of nitrogens with zero attached hydrogens (tertiary/aromatic N) is 1. The molecule has 4 nitrogen and oxygen atoms in total. The van der Waals surface area contributed by atoms with Crippen LogP contribution in [0.4, 0.5) is 0 Å². The molecule has 0 spiro atoms. The van der Waals surface area contributed by atoms with Crippen LogP contribution in [-0.2, 0) is 0 Å². The van der Waals surface area contributed by atoms with Crippen molar-refractivity contribution in [3.8, 4) is 5.75 Å². The highest BCUT2D eigenvalue weighted by molar-refractivity contribution is 5.78. The molecule has 1 aromatic carbocycles. The number of aryl methyl sites for hydroxylation is 1. The summed E-state index contributed by atoms with van der Waals surface area (Å²) in [6, 6.07) is 4.40. The Morgan fingerprint density at radius 3 is 3.00 bits per heavy atom. The van der Waals surface area contributed by atoms with E-state index in [0.717, 1.165) is 0 Å². The van der Waals surface area contributed by atoms with Crippen molar-refractivity contribution < 1.29 is 9.52 Å². The molecule has 0 saturated heterocycles. The number of phenolic OH excluding ortho intramolecular Hbond substituents is 1. The third kappa shape index (κ3) is 1.26. The zero-order chi connectivity index (χ0) is 9.42. The number of rotatable bonds is 0. The van der Waals surface area contributed by atoms with Gasteiger partial charge in [-0.05, 0) is 18.2 Å². The topological polar surface area (TPSA) is 63.3 Å². The van der Waals surface area contributed by atoms with Crippen molar-refractivity contribution >= 4 is 10.9 Å². The number of hydrogen-bond donors (Lipinski definition) is 1. The molecule has 1 heterocycles. The highest BCUT2D eigenvalue weighted by Crippen LogP contribution is 2.14. The van der Waals surface area contributed by atoms with Gasteiger partial charge < -0.3 is 9.52 Å². The van der Waals surface area contributed by atoms with E-state index in [-0.39, 0.29) is 5.75 Å². The molecule has 2 aromatic rings. The van der Waals surface area contributed by atoms with Gasteiger partial charge in [-0.3, -0.25) is 0 Å². The SMILES string of the molecule is Cc1nc2ccc(O)cc2c(=O)o1. The minimum atomic E-state index is -0.474. The Hall–Kier alpha value is -1.84. The van der Waals surface area contributed by atoms with Crippen molar-refractivity contribution in [3.05, 3.63) is 34.5 Å². The molecule has 4 heteroatoms. The Kier molecular flexibility index (Phi) is 1.55. The maximum Gasteiger partial charge on any atom is 0.346 e. The summed E-state index contributed by atoms with van der Waals surface area (Å²) in [7, 11) is 0. The predicted octanol–water partition coefficient (Wildman–Crippen LogP) is 1.20. The largest absolute Gasteiger partial charge is 0.508 e. The van der Waals surface area contributed by atoms with Gasteiger partial charge in [-0.25, -0.2) is 9.78 Å². The Morgan fingerprint density at radius 1 is 1.46 bits per heavy atom. The van der Waals surface area contributed by atoms with Crippen LogP contribution in [0, 0.1) is 6.92 Å². The summed E-state index contributed by atoms with van der Waals surface area (Å²) >= 11 is 0. The number of fused-ring (bicyclic) bond motifs is 1. The summed E-state index contributed by atoms with van der Waals surface area (Å²) in [5, 5.41) is 9.41. The van der Waals surface area contributed by atoms with Gasteiger partial charge in [-0.1, -0.05) is 0 Å². The molecule has 1 aromatic heterocycles. The molecule has 0 aliphatic rings. The van der Waals surface area contributed by atoms with Gasteiger partial charge in [0.2, 0.25) is 0 Å². The molecular weight excluding hydrogens is 170 g/mol. The summed E-state index contributed by atoms with van der Waals surface area (Å²) in [4.78, 5) is 15.2. The van der Waals surface area contributed by atoms with Crippen LogP contribution < -0.4 is 5.63 Å². The molecule has 0 atom stereocenters. The van der Waals surface area contributed by atoms with E-state index in [0.29, 0.717) is 16.8 Å². The number of aromatic hydroxyl groups is 1. The van der Waals surface area contributed by atoms with Crippen LogP contribution in [0.15, 0.2) is 27.4 Å². The van der Waals surface area contributed by atoms with Crippen molar-refractivity contribution in [2.24, 2.45) is 0 Å². The van der Waals surface area contributed by atoms with Gasteiger partial charge in [0.05, 0.1) is 10.9 Å². The molecule has 66 valence electrons. The monoisotopic (exact) mass is 177 g/mol. The minimum absolute atomic E-state index is 0.0328. The summed E-state index contributed by atoms with van der Waals surface area (Å²) in [6.07, 6.45) is 0. The molecule has 0 unspecified atom stereocenters. The van der Waals surface area contributed by atoms with E-state index < -0.39 is 5.63 Å². The molecule has 0 fully saturated rings. The van der Waals surface area contributed by atoms with E-state index in [9.17, 15) is 4.79 Å². The smallest absolute Gasteiger partial charge is 0.346 e. The van der Waals surface area contributed by atoms with Crippen LogP contribution >= 0.6 is 0 Å². The number of hydrogen-bond acceptors (Lipinski definition) is 4. The van der Waals surface area contributed by atoms with E-state index in [2.05, 4.69) is 4.98 Å². The molecule has 0 amide bonds. The Morgan fingerprint density at radius 2 is 2.23 bits per heavy atom. The first-order chi connectivity index (χ1) is 6.16. The van der Waals surface area contributed by atoms with Crippen LogP contribution in [-0.4, -0.2) is 10.1 Å². The summed E-state index contributed by atoms with van der Waals surface area (Å²) < 4.78 is 4.77.